The molecular weight excluding hydrogens is 270 g/mol. The molecule has 1 aromatic rings. The molecule has 108 valence electrons. The van der Waals surface area contributed by atoms with Gasteiger partial charge in [0.25, 0.3) is 0 Å². The van der Waals surface area contributed by atoms with Crippen LogP contribution in [0.15, 0.2) is 29.3 Å². The summed E-state index contributed by atoms with van der Waals surface area (Å²) >= 11 is 5.97. The summed E-state index contributed by atoms with van der Waals surface area (Å²) in [6.07, 6.45) is 8.10. The molecule has 0 saturated heterocycles. The molecule has 1 unspecified atom stereocenters. The fraction of sp³-hybridized carbons (Fsp3) is 0.562. The second-order valence-corrected chi connectivity index (χ2v) is 6.38. The van der Waals surface area contributed by atoms with E-state index in [-0.39, 0.29) is 0 Å². The minimum atomic E-state index is 0.416. The summed E-state index contributed by atoms with van der Waals surface area (Å²) in [4.78, 5) is 6.64. The third kappa shape index (κ3) is 2.93. The maximum Gasteiger partial charge on any atom is 0.196 e. The molecule has 3 rings (SSSR count). The van der Waals surface area contributed by atoms with Crippen molar-refractivity contribution in [2.24, 2.45) is 16.6 Å². The summed E-state index contributed by atoms with van der Waals surface area (Å²) < 4.78 is 0. The van der Waals surface area contributed by atoms with Gasteiger partial charge in [0.05, 0.1) is 12.6 Å². The number of hydrogen-bond acceptors (Lipinski definition) is 3. The van der Waals surface area contributed by atoms with E-state index in [4.69, 9.17) is 17.3 Å². The lowest BCUT2D eigenvalue weighted by molar-refractivity contribution is 0.322. The highest BCUT2D eigenvalue weighted by Gasteiger charge is 2.30. The Bertz CT molecular complexity index is 477. The highest BCUT2D eigenvalue weighted by molar-refractivity contribution is 6.30. The van der Waals surface area contributed by atoms with Gasteiger partial charge in [-0.1, -0.05) is 43.7 Å². The maximum absolute atomic E-state index is 6.09. The Labute approximate surface area is 125 Å². The number of halogens is 1. The van der Waals surface area contributed by atoms with Crippen molar-refractivity contribution >= 4 is 23.2 Å². The predicted octanol–water partition coefficient (Wildman–Crippen LogP) is 3.81. The van der Waals surface area contributed by atoms with Crippen LogP contribution in [-0.2, 0) is 0 Å². The summed E-state index contributed by atoms with van der Waals surface area (Å²) in [5, 5.41) is 0.757. The van der Waals surface area contributed by atoms with E-state index in [0.717, 1.165) is 23.2 Å². The minimum absolute atomic E-state index is 0.416. The van der Waals surface area contributed by atoms with Gasteiger partial charge in [-0.2, -0.15) is 0 Å². The van der Waals surface area contributed by atoms with Gasteiger partial charge < -0.3 is 10.6 Å². The summed E-state index contributed by atoms with van der Waals surface area (Å²) in [5.41, 5.74) is 7.19. The molecule has 3 nitrogen and oxygen atoms in total. The monoisotopic (exact) mass is 291 g/mol. The standard InChI is InChI=1S/C16H22ClN3/c17-13-6-8-14(9-7-13)20-15(11-19-16(20)18)10-12-4-2-1-3-5-12/h6-9,12,15H,1-5,10-11H2,(H2,18,19). The van der Waals surface area contributed by atoms with Crippen LogP contribution in [0, 0.1) is 5.92 Å². The molecule has 1 fully saturated rings. The Morgan fingerprint density at radius 1 is 1.15 bits per heavy atom. The Kier molecular flexibility index (Phi) is 4.16. The first-order valence-corrected chi connectivity index (χ1v) is 7.96. The van der Waals surface area contributed by atoms with Gasteiger partial charge in [0, 0.05) is 10.7 Å². The van der Waals surface area contributed by atoms with Crippen molar-refractivity contribution in [1.29, 1.82) is 0 Å². The molecule has 2 aliphatic rings. The molecule has 1 heterocycles. The van der Waals surface area contributed by atoms with Gasteiger partial charge >= 0.3 is 0 Å². The maximum atomic E-state index is 6.09. The molecule has 1 saturated carbocycles. The second-order valence-electron chi connectivity index (χ2n) is 5.94. The average molecular weight is 292 g/mol. The third-order valence-electron chi connectivity index (χ3n) is 4.51. The topological polar surface area (TPSA) is 41.6 Å². The number of anilines is 1. The molecule has 1 atom stereocenters. The first-order chi connectivity index (χ1) is 9.74. The van der Waals surface area contributed by atoms with Crippen LogP contribution in [0.1, 0.15) is 38.5 Å². The number of rotatable bonds is 3. The molecule has 0 aromatic heterocycles. The summed E-state index contributed by atoms with van der Waals surface area (Å²) in [6.45, 7) is 0.824. The molecule has 0 radical (unpaired) electrons. The second kappa shape index (κ2) is 6.04. The van der Waals surface area contributed by atoms with Gasteiger partial charge in [0.15, 0.2) is 5.96 Å². The smallest absolute Gasteiger partial charge is 0.196 e. The number of nitrogens with two attached hydrogens (primary N) is 1. The first kappa shape index (κ1) is 13.7. The van der Waals surface area contributed by atoms with Crippen LogP contribution in [0.4, 0.5) is 5.69 Å². The SMILES string of the molecule is NC1=NCC(CC2CCCCC2)N1c1ccc(Cl)cc1. The number of hydrogen-bond donors (Lipinski definition) is 1. The Hall–Kier alpha value is -1.22. The van der Waals surface area contributed by atoms with Crippen molar-refractivity contribution in [3.05, 3.63) is 29.3 Å². The quantitative estimate of drug-likeness (QED) is 0.920. The van der Waals surface area contributed by atoms with E-state index in [2.05, 4.69) is 9.89 Å². The van der Waals surface area contributed by atoms with Gasteiger partial charge in [-0.15, -0.1) is 0 Å². The lowest BCUT2D eigenvalue weighted by Gasteiger charge is -2.31. The zero-order valence-corrected chi connectivity index (χ0v) is 12.5. The molecule has 0 bridgehead atoms. The Morgan fingerprint density at radius 2 is 1.85 bits per heavy atom. The molecule has 0 spiro atoms. The fourth-order valence-electron chi connectivity index (χ4n) is 3.48. The lowest BCUT2D eigenvalue weighted by atomic mass is 9.84. The third-order valence-corrected chi connectivity index (χ3v) is 4.76. The molecule has 0 amide bonds. The van der Waals surface area contributed by atoms with E-state index in [1.165, 1.54) is 38.5 Å². The van der Waals surface area contributed by atoms with E-state index in [1.807, 2.05) is 24.3 Å². The normalized spacial score (nSPS) is 23.9. The molecule has 20 heavy (non-hydrogen) atoms. The number of nitrogens with zero attached hydrogens (tertiary/aromatic N) is 2. The van der Waals surface area contributed by atoms with E-state index in [0.29, 0.717) is 12.0 Å². The van der Waals surface area contributed by atoms with Crippen LogP contribution in [-0.4, -0.2) is 18.5 Å². The van der Waals surface area contributed by atoms with Gasteiger partial charge in [-0.25, -0.2) is 0 Å². The van der Waals surface area contributed by atoms with Crippen LogP contribution in [0.2, 0.25) is 5.02 Å². The molecule has 4 heteroatoms. The van der Waals surface area contributed by atoms with E-state index < -0.39 is 0 Å². The molecule has 1 aliphatic heterocycles. The fourth-order valence-corrected chi connectivity index (χ4v) is 3.60. The minimum Gasteiger partial charge on any atom is -0.370 e. The van der Waals surface area contributed by atoms with Crippen LogP contribution < -0.4 is 10.6 Å². The molecular formula is C16H22ClN3. The highest BCUT2D eigenvalue weighted by atomic mass is 35.5. The van der Waals surface area contributed by atoms with Crippen molar-refractivity contribution in [1.82, 2.24) is 0 Å². The summed E-state index contributed by atoms with van der Waals surface area (Å²) in [7, 11) is 0. The van der Waals surface area contributed by atoms with Crippen molar-refractivity contribution in [2.75, 3.05) is 11.4 Å². The van der Waals surface area contributed by atoms with Gasteiger partial charge in [0.2, 0.25) is 0 Å². The molecule has 1 aromatic carbocycles. The number of benzene rings is 1. The van der Waals surface area contributed by atoms with Crippen molar-refractivity contribution in [3.8, 4) is 0 Å². The van der Waals surface area contributed by atoms with Crippen LogP contribution in [0.25, 0.3) is 0 Å². The van der Waals surface area contributed by atoms with Crippen molar-refractivity contribution in [2.45, 2.75) is 44.6 Å². The zero-order chi connectivity index (χ0) is 13.9. The predicted molar refractivity (Wildman–Crippen MR) is 85.4 cm³/mol. The van der Waals surface area contributed by atoms with Crippen molar-refractivity contribution < 1.29 is 0 Å². The highest BCUT2D eigenvalue weighted by Crippen LogP contribution is 2.32. The largest absolute Gasteiger partial charge is 0.370 e. The zero-order valence-electron chi connectivity index (χ0n) is 11.8. The van der Waals surface area contributed by atoms with Crippen LogP contribution in [0.3, 0.4) is 0 Å². The van der Waals surface area contributed by atoms with Crippen molar-refractivity contribution in [3.63, 3.8) is 0 Å². The average Bonchev–Trinajstić information content (AvgIpc) is 2.82. The number of aliphatic imine (C=N–C) groups is 1. The Balaban J connectivity index is 1.72. The summed E-state index contributed by atoms with van der Waals surface area (Å²) in [5.74, 6) is 1.48. The number of guanidine groups is 1. The van der Waals surface area contributed by atoms with Crippen LogP contribution in [0.5, 0.6) is 0 Å². The van der Waals surface area contributed by atoms with E-state index in [9.17, 15) is 0 Å². The Morgan fingerprint density at radius 3 is 2.55 bits per heavy atom. The summed E-state index contributed by atoms with van der Waals surface area (Å²) in [6, 6.07) is 8.31. The van der Waals surface area contributed by atoms with Crippen LogP contribution >= 0.6 is 11.6 Å². The van der Waals surface area contributed by atoms with Gasteiger partial charge in [-0.3, -0.25) is 4.99 Å². The first-order valence-electron chi connectivity index (χ1n) is 7.59. The molecule has 1 aliphatic carbocycles. The van der Waals surface area contributed by atoms with E-state index >= 15 is 0 Å². The van der Waals surface area contributed by atoms with E-state index in [1.54, 1.807) is 0 Å². The lowest BCUT2D eigenvalue weighted by Crippen LogP contribution is -2.42. The van der Waals surface area contributed by atoms with Gasteiger partial charge in [-0.05, 0) is 36.6 Å². The van der Waals surface area contributed by atoms with Gasteiger partial charge in [0.1, 0.15) is 0 Å². The molecule has 2 N–H and O–H groups in total.